The third-order valence-electron chi connectivity index (χ3n) is 4.68. The minimum Gasteiger partial charge on any atom is -0.497 e. The van der Waals surface area contributed by atoms with E-state index < -0.39 is 0 Å². The van der Waals surface area contributed by atoms with Gasteiger partial charge in [0.05, 0.1) is 12.8 Å². The molecule has 1 amide bonds. The van der Waals surface area contributed by atoms with Crippen molar-refractivity contribution < 1.29 is 9.53 Å². The molecular formula is C20H24N2O2. The van der Waals surface area contributed by atoms with Gasteiger partial charge in [0, 0.05) is 24.2 Å². The van der Waals surface area contributed by atoms with Gasteiger partial charge in [-0.3, -0.25) is 9.78 Å². The van der Waals surface area contributed by atoms with Crippen molar-refractivity contribution in [2.75, 3.05) is 7.11 Å². The van der Waals surface area contributed by atoms with E-state index in [-0.39, 0.29) is 11.8 Å². The predicted octanol–water partition coefficient (Wildman–Crippen LogP) is 3.95. The van der Waals surface area contributed by atoms with E-state index in [1.54, 1.807) is 13.3 Å². The fourth-order valence-corrected chi connectivity index (χ4v) is 3.28. The van der Waals surface area contributed by atoms with E-state index in [1.165, 1.54) is 19.3 Å². The highest BCUT2D eigenvalue weighted by atomic mass is 16.5. The molecular weight excluding hydrogens is 300 g/mol. The van der Waals surface area contributed by atoms with E-state index in [4.69, 9.17) is 4.74 Å². The average Bonchev–Trinajstić information content (AvgIpc) is 2.67. The Balaban J connectivity index is 1.70. The van der Waals surface area contributed by atoms with Crippen molar-refractivity contribution in [1.29, 1.82) is 0 Å². The summed E-state index contributed by atoms with van der Waals surface area (Å²) in [5.74, 6) is 1.18. The Kier molecular flexibility index (Phi) is 5.47. The summed E-state index contributed by atoms with van der Waals surface area (Å²) in [5.41, 5.74) is 2.97. The third kappa shape index (κ3) is 3.94. The second-order valence-electron chi connectivity index (χ2n) is 6.29. The number of hydrogen-bond donors (Lipinski definition) is 1. The van der Waals surface area contributed by atoms with Gasteiger partial charge in [0.15, 0.2) is 0 Å². The Morgan fingerprint density at radius 3 is 2.62 bits per heavy atom. The molecule has 1 aromatic heterocycles. The van der Waals surface area contributed by atoms with Crippen LogP contribution in [0.4, 0.5) is 0 Å². The van der Waals surface area contributed by atoms with Crippen LogP contribution in [0.25, 0.3) is 11.3 Å². The number of rotatable bonds is 5. The summed E-state index contributed by atoms with van der Waals surface area (Å²) in [6.45, 7) is 0.518. The molecule has 24 heavy (non-hydrogen) atoms. The van der Waals surface area contributed by atoms with Crippen molar-refractivity contribution in [3.05, 3.63) is 48.2 Å². The summed E-state index contributed by atoms with van der Waals surface area (Å²) in [6, 6.07) is 11.8. The number of carbonyl (C=O) groups excluding carboxylic acids is 1. The highest BCUT2D eigenvalue weighted by Gasteiger charge is 2.21. The smallest absolute Gasteiger partial charge is 0.223 e. The van der Waals surface area contributed by atoms with Crippen molar-refractivity contribution in [2.45, 2.75) is 38.6 Å². The van der Waals surface area contributed by atoms with Crippen LogP contribution in [-0.4, -0.2) is 18.0 Å². The van der Waals surface area contributed by atoms with Crippen LogP contribution < -0.4 is 10.1 Å². The maximum Gasteiger partial charge on any atom is 0.223 e. The lowest BCUT2D eigenvalue weighted by Crippen LogP contribution is -2.31. The van der Waals surface area contributed by atoms with Gasteiger partial charge in [0.2, 0.25) is 5.91 Å². The fraction of sp³-hybridized carbons (Fsp3) is 0.400. The Labute approximate surface area is 143 Å². The lowest BCUT2D eigenvalue weighted by molar-refractivity contribution is -0.126. The topological polar surface area (TPSA) is 51.2 Å². The van der Waals surface area contributed by atoms with E-state index in [2.05, 4.69) is 10.3 Å². The van der Waals surface area contributed by atoms with Crippen LogP contribution in [0.1, 0.15) is 37.7 Å². The van der Waals surface area contributed by atoms with E-state index >= 15 is 0 Å². The summed E-state index contributed by atoms with van der Waals surface area (Å²) in [5, 5.41) is 3.10. The first kappa shape index (κ1) is 16.5. The quantitative estimate of drug-likeness (QED) is 0.906. The van der Waals surface area contributed by atoms with Gasteiger partial charge in [-0.2, -0.15) is 0 Å². The van der Waals surface area contributed by atoms with Crippen LogP contribution in [0.3, 0.4) is 0 Å². The first-order chi connectivity index (χ1) is 11.8. The zero-order valence-corrected chi connectivity index (χ0v) is 14.1. The zero-order valence-electron chi connectivity index (χ0n) is 14.1. The van der Waals surface area contributed by atoms with Gasteiger partial charge in [0.1, 0.15) is 5.75 Å². The molecule has 0 atom stereocenters. The van der Waals surface area contributed by atoms with Gasteiger partial charge in [-0.1, -0.05) is 25.3 Å². The van der Waals surface area contributed by atoms with Crippen molar-refractivity contribution >= 4 is 5.91 Å². The molecule has 0 spiro atoms. The van der Waals surface area contributed by atoms with Gasteiger partial charge in [-0.05, 0) is 48.7 Å². The van der Waals surface area contributed by atoms with Crippen molar-refractivity contribution in [1.82, 2.24) is 10.3 Å². The Morgan fingerprint density at radius 2 is 1.92 bits per heavy atom. The molecule has 1 N–H and O–H groups in total. The lowest BCUT2D eigenvalue weighted by Gasteiger charge is -2.21. The molecule has 0 unspecified atom stereocenters. The Hall–Kier alpha value is -2.36. The number of hydrogen-bond acceptors (Lipinski definition) is 3. The average molecular weight is 324 g/mol. The Morgan fingerprint density at radius 1 is 1.17 bits per heavy atom. The first-order valence-electron chi connectivity index (χ1n) is 8.64. The van der Waals surface area contributed by atoms with Gasteiger partial charge in [0.25, 0.3) is 0 Å². The molecule has 126 valence electrons. The standard InChI is InChI=1S/C20H24N2O2/c1-24-18-11-9-15(10-12-18)19-17(8-5-13-21-19)14-22-20(23)16-6-3-2-4-7-16/h5,8-13,16H,2-4,6-7,14H2,1H3,(H,22,23). The summed E-state index contributed by atoms with van der Waals surface area (Å²) in [7, 11) is 1.65. The van der Waals surface area contributed by atoms with E-state index in [9.17, 15) is 4.79 Å². The number of benzene rings is 1. The molecule has 1 aliphatic rings. The van der Waals surface area contributed by atoms with E-state index in [1.807, 2.05) is 36.4 Å². The molecule has 0 aliphatic heterocycles. The van der Waals surface area contributed by atoms with Crippen LogP contribution in [0.2, 0.25) is 0 Å². The SMILES string of the molecule is COc1ccc(-c2ncccc2CNC(=O)C2CCCCC2)cc1. The third-order valence-corrected chi connectivity index (χ3v) is 4.68. The van der Waals surface area contributed by atoms with Crippen LogP contribution in [0.15, 0.2) is 42.6 Å². The summed E-state index contributed by atoms with van der Waals surface area (Å²) in [4.78, 5) is 16.9. The number of nitrogens with one attached hydrogen (secondary N) is 1. The summed E-state index contributed by atoms with van der Waals surface area (Å²) in [6.07, 6.45) is 7.42. The molecule has 4 nitrogen and oxygen atoms in total. The highest BCUT2D eigenvalue weighted by molar-refractivity contribution is 5.79. The van der Waals surface area contributed by atoms with Crippen molar-refractivity contribution in [3.8, 4) is 17.0 Å². The van der Waals surface area contributed by atoms with Gasteiger partial charge in [-0.15, -0.1) is 0 Å². The summed E-state index contributed by atoms with van der Waals surface area (Å²) >= 11 is 0. The number of amides is 1. The Bertz CT molecular complexity index is 676. The fourth-order valence-electron chi connectivity index (χ4n) is 3.28. The zero-order chi connectivity index (χ0) is 16.8. The minimum absolute atomic E-state index is 0.180. The van der Waals surface area contributed by atoms with E-state index in [0.29, 0.717) is 6.54 Å². The largest absolute Gasteiger partial charge is 0.497 e. The number of methoxy groups -OCH3 is 1. The normalized spacial score (nSPS) is 15.0. The van der Waals surface area contributed by atoms with Crippen LogP contribution >= 0.6 is 0 Å². The molecule has 1 aliphatic carbocycles. The highest BCUT2D eigenvalue weighted by Crippen LogP contribution is 2.25. The van der Waals surface area contributed by atoms with Crippen molar-refractivity contribution in [3.63, 3.8) is 0 Å². The van der Waals surface area contributed by atoms with Crippen molar-refractivity contribution in [2.24, 2.45) is 5.92 Å². The summed E-state index contributed by atoms with van der Waals surface area (Å²) < 4.78 is 5.20. The lowest BCUT2D eigenvalue weighted by atomic mass is 9.88. The molecule has 4 heteroatoms. The molecule has 3 rings (SSSR count). The number of pyridine rings is 1. The van der Waals surface area contributed by atoms with Gasteiger partial charge < -0.3 is 10.1 Å². The predicted molar refractivity (Wildman–Crippen MR) is 94.6 cm³/mol. The molecule has 2 aromatic rings. The number of ether oxygens (including phenoxy) is 1. The van der Waals surface area contributed by atoms with Crippen LogP contribution in [-0.2, 0) is 11.3 Å². The molecule has 1 heterocycles. The van der Waals surface area contributed by atoms with Crippen LogP contribution in [0, 0.1) is 5.92 Å². The molecule has 1 saturated carbocycles. The molecule has 1 aromatic carbocycles. The molecule has 1 fully saturated rings. The maximum absolute atomic E-state index is 12.4. The second kappa shape index (κ2) is 7.95. The molecule has 0 bridgehead atoms. The van der Waals surface area contributed by atoms with Crippen LogP contribution in [0.5, 0.6) is 5.75 Å². The minimum atomic E-state index is 0.180. The first-order valence-corrected chi connectivity index (χ1v) is 8.64. The number of carbonyl (C=O) groups is 1. The maximum atomic E-state index is 12.4. The number of nitrogens with zero attached hydrogens (tertiary/aromatic N) is 1. The van der Waals surface area contributed by atoms with E-state index in [0.717, 1.165) is 35.4 Å². The monoisotopic (exact) mass is 324 g/mol. The van der Waals surface area contributed by atoms with Gasteiger partial charge in [-0.25, -0.2) is 0 Å². The van der Waals surface area contributed by atoms with Gasteiger partial charge >= 0.3 is 0 Å². The number of aromatic nitrogens is 1. The second-order valence-corrected chi connectivity index (χ2v) is 6.29. The molecule has 0 saturated heterocycles. The molecule has 0 radical (unpaired) electrons.